The van der Waals surface area contributed by atoms with Crippen LogP contribution < -0.4 is 15.8 Å². The Morgan fingerprint density at radius 3 is 2.45 bits per heavy atom. The van der Waals surface area contributed by atoms with Crippen LogP contribution in [0.4, 0.5) is 16.2 Å². The number of anilines is 2. The molecule has 8 nitrogen and oxygen atoms in total. The maximum atomic E-state index is 13.1. The molecule has 0 radical (unpaired) electrons. The lowest BCUT2D eigenvalue weighted by Gasteiger charge is -2.32. The number of piperidine rings is 1. The second-order valence-electron chi connectivity index (χ2n) is 8.22. The lowest BCUT2D eigenvalue weighted by molar-refractivity contribution is 0.0686. The predicted molar refractivity (Wildman–Crippen MR) is 131 cm³/mol. The second-order valence-corrected chi connectivity index (χ2v) is 8.22. The number of nitrogens with one attached hydrogen (secondary N) is 2. The van der Waals surface area contributed by atoms with E-state index in [1.54, 1.807) is 42.8 Å². The third-order valence-corrected chi connectivity index (χ3v) is 5.91. The van der Waals surface area contributed by atoms with Crippen molar-refractivity contribution in [1.29, 1.82) is 0 Å². The van der Waals surface area contributed by atoms with Crippen LogP contribution in [-0.2, 0) is 0 Å². The summed E-state index contributed by atoms with van der Waals surface area (Å²) in [5.41, 5.74) is 4.80. The van der Waals surface area contributed by atoms with Gasteiger partial charge in [-0.3, -0.25) is 10.2 Å². The van der Waals surface area contributed by atoms with Crippen LogP contribution in [0.1, 0.15) is 43.0 Å². The van der Waals surface area contributed by atoms with Gasteiger partial charge in [0, 0.05) is 30.5 Å². The average Bonchev–Trinajstić information content (AvgIpc) is 2.86. The molecule has 0 spiro atoms. The number of hydrazine groups is 2. The van der Waals surface area contributed by atoms with Crippen molar-refractivity contribution in [1.82, 2.24) is 15.6 Å². The fourth-order valence-corrected chi connectivity index (χ4v) is 4.17. The Labute approximate surface area is 194 Å². The SMILES string of the molecule is CCCC1CCN(C(=O)c2ccc(NC(=O)N(c3ccccc3)N3N=CC=CN3)cc2)CC1. The Bertz CT molecular complexity index is 997. The molecule has 2 aromatic carbocycles. The molecular formula is C25H30N6O2. The lowest BCUT2D eigenvalue weighted by atomic mass is 9.92. The Morgan fingerprint density at radius 1 is 1.09 bits per heavy atom. The number of nitrogens with zero attached hydrogens (tertiary/aromatic N) is 4. The van der Waals surface area contributed by atoms with E-state index in [0.29, 0.717) is 16.9 Å². The molecule has 8 heteroatoms. The van der Waals surface area contributed by atoms with Gasteiger partial charge in [-0.05, 0) is 61.2 Å². The molecule has 2 heterocycles. The highest BCUT2D eigenvalue weighted by molar-refractivity contribution is 6.01. The summed E-state index contributed by atoms with van der Waals surface area (Å²) in [5.74, 6) is 0.783. The Hall–Kier alpha value is -3.81. The molecule has 0 atom stereocenters. The summed E-state index contributed by atoms with van der Waals surface area (Å²) in [4.78, 5) is 27.9. The monoisotopic (exact) mass is 446 g/mol. The van der Waals surface area contributed by atoms with Gasteiger partial charge < -0.3 is 10.2 Å². The van der Waals surface area contributed by atoms with E-state index in [1.807, 2.05) is 35.2 Å². The zero-order valence-corrected chi connectivity index (χ0v) is 18.9. The van der Waals surface area contributed by atoms with Crippen molar-refractivity contribution >= 4 is 29.5 Å². The van der Waals surface area contributed by atoms with Crippen molar-refractivity contribution in [3.8, 4) is 0 Å². The number of carbonyl (C=O) groups excluding carboxylic acids is 2. The summed E-state index contributed by atoms with van der Waals surface area (Å²) in [6.45, 7) is 3.84. The van der Waals surface area contributed by atoms with E-state index in [2.05, 4.69) is 22.8 Å². The van der Waals surface area contributed by atoms with Gasteiger partial charge in [-0.25, -0.2) is 4.79 Å². The van der Waals surface area contributed by atoms with Crippen molar-refractivity contribution in [2.45, 2.75) is 32.6 Å². The van der Waals surface area contributed by atoms with E-state index >= 15 is 0 Å². The summed E-state index contributed by atoms with van der Waals surface area (Å²) in [7, 11) is 0. The van der Waals surface area contributed by atoms with Gasteiger partial charge in [0.25, 0.3) is 5.91 Å². The first kappa shape index (κ1) is 22.4. The van der Waals surface area contributed by atoms with Crippen molar-refractivity contribution in [2.75, 3.05) is 23.4 Å². The molecule has 0 bridgehead atoms. The third-order valence-electron chi connectivity index (χ3n) is 5.91. The normalized spacial score (nSPS) is 15.8. The Morgan fingerprint density at radius 2 is 1.82 bits per heavy atom. The van der Waals surface area contributed by atoms with Crippen LogP contribution in [0.2, 0.25) is 0 Å². The molecule has 0 aliphatic carbocycles. The maximum absolute atomic E-state index is 13.1. The van der Waals surface area contributed by atoms with Crippen LogP contribution in [0.5, 0.6) is 0 Å². The molecule has 2 N–H and O–H groups in total. The molecule has 4 rings (SSSR count). The topological polar surface area (TPSA) is 80.3 Å². The molecule has 0 saturated carbocycles. The Balaban J connectivity index is 1.41. The summed E-state index contributed by atoms with van der Waals surface area (Å²) >= 11 is 0. The summed E-state index contributed by atoms with van der Waals surface area (Å²) < 4.78 is 0. The van der Waals surface area contributed by atoms with Crippen LogP contribution in [0.3, 0.4) is 0 Å². The first-order valence-corrected chi connectivity index (χ1v) is 11.5. The van der Waals surface area contributed by atoms with E-state index in [4.69, 9.17) is 0 Å². The van der Waals surface area contributed by atoms with E-state index < -0.39 is 6.03 Å². The van der Waals surface area contributed by atoms with Gasteiger partial charge in [0.15, 0.2) is 0 Å². The molecule has 1 saturated heterocycles. The number of carbonyl (C=O) groups is 2. The fourth-order valence-electron chi connectivity index (χ4n) is 4.17. The molecule has 3 amide bonds. The molecule has 0 unspecified atom stereocenters. The van der Waals surface area contributed by atoms with Gasteiger partial charge in [-0.15, -0.1) is 5.10 Å². The van der Waals surface area contributed by atoms with Crippen LogP contribution in [0.15, 0.2) is 72.0 Å². The number of allylic oxidation sites excluding steroid dienone is 1. The summed E-state index contributed by atoms with van der Waals surface area (Å²) in [6, 6.07) is 15.9. The maximum Gasteiger partial charge on any atom is 0.348 e. The van der Waals surface area contributed by atoms with Gasteiger partial charge in [0.2, 0.25) is 0 Å². The highest BCUT2D eigenvalue weighted by Gasteiger charge is 2.25. The fraction of sp³-hybridized carbons (Fsp3) is 0.320. The summed E-state index contributed by atoms with van der Waals surface area (Å²) in [6.07, 6.45) is 9.60. The van der Waals surface area contributed by atoms with Crippen molar-refractivity contribution < 1.29 is 9.59 Å². The molecule has 2 aliphatic rings. The highest BCUT2D eigenvalue weighted by atomic mass is 16.2. The largest absolute Gasteiger partial charge is 0.348 e. The number of likely N-dealkylation sites (tertiary alicyclic amines) is 1. The molecule has 33 heavy (non-hydrogen) atoms. The number of hydrogen-bond donors (Lipinski definition) is 2. The van der Waals surface area contributed by atoms with Gasteiger partial charge in [-0.2, -0.15) is 5.01 Å². The zero-order valence-electron chi connectivity index (χ0n) is 18.9. The van der Waals surface area contributed by atoms with Crippen molar-refractivity contribution in [3.05, 3.63) is 72.4 Å². The van der Waals surface area contributed by atoms with E-state index in [0.717, 1.165) is 31.8 Å². The smallest absolute Gasteiger partial charge is 0.339 e. The van der Waals surface area contributed by atoms with Gasteiger partial charge in [-0.1, -0.05) is 43.2 Å². The lowest BCUT2D eigenvalue weighted by Crippen LogP contribution is -2.51. The number of hydrazone groups is 1. The molecule has 172 valence electrons. The minimum Gasteiger partial charge on any atom is -0.339 e. The van der Waals surface area contributed by atoms with Gasteiger partial charge in [0.05, 0.1) is 11.9 Å². The minimum atomic E-state index is -0.391. The molecule has 2 aliphatic heterocycles. The number of para-hydroxylation sites is 1. The number of hydrogen-bond acceptors (Lipinski definition) is 5. The second kappa shape index (κ2) is 10.7. The minimum absolute atomic E-state index is 0.0485. The summed E-state index contributed by atoms with van der Waals surface area (Å²) in [5, 5.41) is 9.83. The van der Waals surface area contributed by atoms with Crippen LogP contribution in [0.25, 0.3) is 0 Å². The van der Waals surface area contributed by atoms with Crippen molar-refractivity contribution in [3.63, 3.8) is 0 Å². The number of urea groups is 1. The predicted octanol–water partition coefficient (Wildman–Crippen LogP) is 4.61. The molecule has 0 aromatic heterocycles. The molecule has 2 aromatic rings. The van der Waals surface area contributed by atoms with Crippen molar-refractivity contribution in [2.24, 2.45) is 11.0 Å². The van der Waals surface area contributed by atoms with Crippen LogP contribution in [0, 0.1) is 5.92 Å². The first-order chi connectivity index (χ1) is 16.2. The zero-order chi connectivity index (χ0) is 23.0. The van der Waals surface area contributed by atoms with E-state index in [-0.39, 0.29) is 5.91 Å². The standard InChI is InChI=1S/C25H30N6O2/c1-2-7-20-14-18-29(19-15-20)24(32)21-10-12-22(13-11-21)28-25(33)30(23-8-4-3-5-9-23)31-26-16-6-17-27-31/h3-6,8-13,16-17,20,26H,2,7,14-15,18-19H2,1H3,(H,28,33). The third kappa shape index (κ3) is 5.52. The Kier molecular flexibility index (Phi) is 7.24. The number of rotatable bonds is 6. The van der Waals surface area contributed by atoms with E-state index in [1.165, 1.54) is 23.1 Å². The quantitative estimate of drug-likeness (QED) is 0.679. The number of benzene rings is 2. The van der Waals surface area contributed by atoms with Crippen LogP contribution >= 0.6 is 0 Å². The molecular weight excluding hydrogens is 416 g/mol. The van der Waals surface area contributed by atoms with E-state index in [9.17, 15) is 9.59 Å². The van der Waals surface area contributed by atoms with Gasteiger partial charge >= 0.3 is 6.03 Å². The highest BCUT2D eigenvalue weighted by Crippen LogP contribution is 2.24. The van der Waals surface area contributed by atoms with Gasteiger partial charge in [0.1, 0.15) is 0 Å². The van der Waals surface area contributed by atoms with Crippen LogP contribution in [-0.4, -0.2) is 41.4 Å². The molecule has 1 fully saturated rings. The average molecular weight is 447 g/mol. The first-order valence-electron chi connectivity index (χ1n) is 11.5. The number of amides is 3.